The largest absolute Gasteiger partial charge is 0.488 e. The number of hydrogen-bond acceptors (Lipinski definition) is 3. The molecular formula is C15H21NO3. The molecule has 0 heterocycles. The molecule has 4 heteroatoms. The number of methoxy groups -OCH3 is 1. The van der Waals surface area contributed by atoms with E-state index in [1.165, 1.54) is 0 Å². The van der Waals surface area contributed by atoms with Crippen LogP contribution in [0.3, 0.4) is 0 Å². The van der Waals surface area contributed by atoms with Gasteiger partial charge in [0.1, 0.15) is 11.9 Å². The summed E-state index contributed by atoms with van der Waals surface area (Å²) >= 11 is 0. The summed E-state index contributed by atoms with van der Waals surface area (Å²) in [6.07, 6.45) is 3.55. The average molecular weight is 263 g/mol. The van der Waals surface area contributed by atoms with Crippen molar-refractivity contribution >= 4 is 5.91 Å². The highest BCUT2D eigenvalue weighted by atomic mass is 16.5. The van der Waals surface area contributed by atoms with Crippen LogP contribution in [0.5, 0.6) is 5.75 Å². The number of carbonyl (C=O) groups is 1. The zero-order valence-electron chi connectivity index (χ0n) is 11.3. The van der Waals surface area contributed by atoms with Crippen molar-refractivity contribution in [2.75, 3.05) is 13.7 Å². The van der Waals surface area contributed by atoms with Gasteiger partial charge in [-0.3, -0.25) is 4.79 Å². The molecule has 1 saturated carbocycles. The number of amides is 1. The molecule has 1 aliphatic carbocycles. The lowest BCUT2D eigenvalue weighted by atomic mass is 10.2. The second-order valence-electron chi connectivity index (χ2n) is 4.82. The average Bonchev–Trinajstić information content (AvgIpc) is 2.85. The van der Waals surface area contributed by atoms with Crippen molar-refractivity contribution in [2.45, 2.75) is 37.8 Å². The second-order valence-corrected chi connectivity index (χ2v) is 4.82. The minimum Gasteiger partial charge on any atom is -0.488 e. The van der Waals surface area contributed by atoms with Crippen LogP contribution in [-0.2, 0) is 9.53 Å². The molecule has 0 bridgehead atoms. The maximum atomic E-state index is 11.7. The van der Waals surface area contributed by atoms with E-state index in [1.54, 1.807) is 7.11 Å². The summed E-state index contributed by atoms with van der Waals surface area (Å²) in [6.45, 7) is 0.461. The molecule has 19 heavy (non-hydrogen) atoms. The van der Waals surface area contributed by atoms with Gasteiger partial charge in [0.2, 0.25) is 5.91 Å². The maximum Gasteiger partial charge on any atom is 0.222 e. The van der Waals surface area contributed by atoms with Gasteiger partial charge in [-0.25, -0.2) is 0 Å². The number of nitrogens with one attached hydrogen (secondary N) is 1. The van der Waals surface area contributed by atoms with Crippen molar-refractivity contribution in [2.24, 2.45) is 0 Å². The lowest BCUT2D eigenvalue weighted by Crippen LogP contribution is -2.42. The van der Waals surface area contributed by atoms with Gasteiger partial charge in [0.25, 0.3) is 0 Å². The fraction of sp³-hybridized carbons (Fsp3) is 0.533. The lowest BCUT2D eigenvalue weighted by Gasteiger charge is -2.22. The van der Waals surface area contributed by atoms with Crippen LogP contribution in [-0.4, -0.2) is 31.8 Å². The molecule has 1 aliphatic rings. The van der Waals surface area contributed by atoms with E-state index in [-0.39, 0.29) is 18.1 Å². The van der Waals surface area contributed by atoms with E-state index in [1.807, 2.05) is 30.3 Å². The van der Waals surface area contributed by atoms with E-state index >= 15 is 0 Å². The zero-order valence-corrected chi connectivity index (χ0v) is 11.3. The van der Waals surface area contributed by atoms with Gasteiger partial charge >= 0.3 is 0 Å². The van der Waals surface area contributed by atoms with E-state index in [0.717, 1.165) is 25.0 Å². The van der Waals surface area contributed by atoms with Crippen LogP contribution in [0, 0.1) is 0 Å². The molecule has 0 aromatic heterocycles. The first-order valence-electron chi connectivity index (χ1n) is 6.79. The predicted octanol–water partition coefficient (Wildman–Crippen LogP) is 2.14. The van der Waals surface area contributed by atoms with Crippen LogP contribution in [0.4, 0.5) is 0 Å². The van der Waals surface area contributed by atoms with Gasteiger partial charge in [-0.2, -0.15) is 0 Å². The lowest BCUT2D eigenvalue weighted by molar-refractivity contribution is -0.123. The molecule has 0 unspecified atom stereocenters. The summed E-state index contributed by atoms with van der Waals surface area (Å²) in [5, 5.41) is 3.04. The van der Waals surface area contributed by atoms with Crippen molar-refractivity contribution in [3.63, 3.8) is 0 Å². The highest BCUT2D eigenvalue weighted by molar-refractivity contribution is 5.76. The molecule has 104 valence electrons. The number of ether oxygens (including phenoxy) is 2. The van der Waals surface area contributed by atoms with Gasteiger partial charge in [0.05, 0.1) is 12.6 Å². The Balaban J connectivity index is 1.85. The van der Waals surface area contributed by atoms with E-state index < -0.39 is 0 Å². The van der Waals surface area contributed by atoms with Gasteiger partial charge < -0.3 is 14.8 Å². The molecular weight excluding hydrogens is 242 g/mol. The van der Waals surface area contributed by atoms with Crippen LogP contribution >= 0.6 is 0 Å². The first-order chi connectivity index (χ1) is 9.29. The standard InChI is InChI=1S/C15H21NO3/c1-18-11-10-15(17)16-13-8-5-9-14(13)19-12-6-3-2-4-7-12/h2-4,6-7,13-14H,5,8-11H2,1H3,(H,16,17)/t13-,14+/m1/s1. The first-order valence-corrected chi connectivity index (χ1v) is 6.79. The fourth-order valence-electron chi connectivity index (χ4n) is 2.38. The fourth-order valence-corrected chi connectivity index (χ4v) is 2.38. The molecule has 0 radical (unpaired) electrons. The van der Waals surface area contributed by atoms with Crippen LogP contribution in [0.2, 0.25) is 0 Å². The Kier molecular flexibility index (Phi) is 5.21. The molecule has 0 spiro atoms. The Bertz CT molecular complexity index is 394. The number of hydrogen-bond donors (Lipinski definition) is 1. The van der Waals surface area contributed by atoms with Crippen LogP contribution < -0.4 is 10.1 Å². The Labute approximate surface area is 114 Å². The van der Waals surface area contributed by atoms with Crippen molar-refractivity contribution in [3.05, 3.63) is 30.3 Å². The summed E-state index contributed by atoms with van der Waals surface area (Å²) in [4.78, 5) is 11.7. The van der Waals surface area contributed by atoms with Crippen molar-refractivity contribution in [1.82, 2.24) is 5.32 Å². The van der Waals surface area contributed by atoms with Crippen LogP contribution in [0.15, 0.2) is 30.3 Å². The van der Waals surface area contributed by atoms with Crippen molar-refractivity contribution < 1.29 is 14.3 Å². The van der Waals surface area contributed by atoms with Gasteiger partial charge in [-0.1, -0.05) is 18.2 Å². The molecule has 1 fully saturated rings. The van der Waals surface area contributed by atoms with Gasteiger partial charge in [-0.15, -0.1) is 0 Å². The molecule has 2 atom stereocenters. The molecule has 1 N–H and O–H groups in total. The number of benzene rings is 1. The Hall–Kier alpha value is -1.55. The van der Waals surface area contributed by atoms with Crippen molar-refractivity contribution in [3.8, 4) is 5.75 Å². The van der Waals surface area contributed by atoms with E-state index in [9.17, 15) is 4.79 Å². The zero-order chi connectivity index (χ0) is 13.5. The Morgan fingerprint density at radius 3 is 2.84 bits per heavy atom. The number of carbonyl (C=O) groups excluding carboxylic acids is 1. The SMILES string of the molecule is COCCC(=O)N[C@@H]1CCC[C@@H]1Oc1ccccc1. The van der Waals surface area contributed by atoms with E-state index in [4.69, 9.17) is 9.47 Å². The van der Waals surface area contributed by atoms with E-state index in [2.05, 4.69) is 5.32 Å². The molecule has 0 aliphatic heterocycles. The van der Waals surface area contributed by atoms with Gasteiger partial charge in [0, 0.05) is 13.5 Å². The summed E-state index contributed by atoms with van der Waals surface area (Å²) in [5.74, 6) is 0.904. The second kappa shape index (κ2) is 7.14. The molecule has 0 saturated heterocycles. The third-order valence-corrected chi connectivity index (χ3v) is 3.36. The normalized spacial score (nSPS) is 22.2. The quantitative estimate of drug-likeness (QED) is 0.855. The Morgan fingerprint density at radius 1 is 1.32 bits per heavy atom. The Morgan fingerprint density at radius 2 is 2.11 bits per heavy atom. The topological polar surface area (TPSA) is 47.6 Å². The molecule has 1 amide bonds. The number of rotatable bonds is 6. The summed E-state index contributed by atoms with van der Waals surface area (Å²) < 4.78 is 10.9. The molecule has 2 rings (SSSR count). The monoisotopic (exact) mass is 263 g/mol. The molecule has 1 aromatic rings. The van der Waals surface area contributed by atoms with Gasteiger partial charge in [-0.05, 0) is 31.4 Å². The van der Waals surface area contributed by atoms with Crippen LogP contribution in [0.25, 0.3) is 0 Å². The van der Waals surface area contributed by atoms with Crippen molar-refractivity contribution in [1.29, 1.82) is 0 Å². The smallest absolute Gasteiger partial charge is 0.222 e. The van der Waals surface area contributed by atoms with Gasteiger partial charge in [0.15, 0.2) is 0 Å². The highest BCUT2D eigenvalue weighted by Gasteiger charge is 2.30. The first kappa shape index (κ1) is 13.9. The maximum absolute atomic E-state index is 11.7. The third kappa shape index (κ3) is 4.24. The summed E-state index contributed by atoms with van der Waals surface area (Å²) in [6, 6.07) is 9.88. The van der Waals surface area contributed by atoms with Crippen LogP contribution in [0.1, 0.15) is 25.7 Å². The summed E-state index contributed by atoms with van der Waals surface area (Å²) in [7, 11) is 1.60. The third-order valence-electron chi connectivity index (χ3n) is 3.36. The molecule has 1 aromatic carbocycles. The van der Waals surface area contributed by atoms with E-state index in [0.29, 0.717) is 13.0 Å². The number of para-hydroxylation sites is 1. The highest BCUT2D eigenvalue weighted by Crippen LogP contribution is 2.24. The minimum atomic E-state index is 0.0374. The summed E-state index contributed by atoms with van der Waals surface area (Å²) in [5.41, 5.74) is 0. The minimum absolute atomic E-state index is 0.0374. The predicted molar refractivity (Wildman–Crippen MR) is 73.1 cm³/mol. The molecule has 4 nitrogen and oxygen atoms in total.